The zero-order valence-corrected chi connectivity index (χ0v) is 18.0. The molecule has 2 heterocycles. The van der Waals surface area contributed by atoms with Crippen LogP contribution in [0.5, 0.6) is 0 Å². The lowest BCUT2D eigenvalue weighted by Gasteiger charge is -2.25. The summed E-state index contributed by atoms with van der Waals surface area (Å²) in [5, 5.41) is 29.8. The van der Waals surface area contributed by atoms with Crippen LogP contribution >= 0.6 is 11.8 Å². The molecule has 2 aromatic rings. The Morgan fingerprint density at radius 3 is 2.52 bits per heavy atom. The van der Waals surface area contributed by atoms with Crippen molar-refractivity contribution in [3.8, 4) is 12.1 Å². The molecule has 160 valence electrons. The third kappa shape index (κ3) is 4.49. The van der Waals surface area contributed by atoms with Crippen LogP contribution in [0.25, 0.3) is 0 Å². The van der Waals surface area contributed by atoms with Crippen LogP contribution in [-0.4, -0.2) is 41.2 Å². The molecule has 1 fully saturated rings. The standard InChI is InChI=1S/C22H24N6O2S/c1-2-15-16(10-23)20(28-9-8-22(30,12-25)13-28)27-21(17(15)11-24)31-18(19(26)29)14-6-4-3-5-7-14/h3-7,18,30H,2,8-9,12-13,25H2,1H3,(H2,26,29)/t18?,22-/m0/s1. The molecule has 9 heteroatoms. The molecule has 0 radical (unpaired) electrons. The number of carbonyl (C=O) groups excluding carboxylic acids is 1. The highest BCUT2D eigenvalue weighted by Gasteiger charge is 2.37. The minimum Gasteiger partial charge on any atom is -0.387 e. The zero-order valence-electron chi connectivity index (χ0n) is 17.2. The maximum Gasteiger partial charge on any atom is 0.235 e. The quantitative estimate of drug-likeness (QED) is 0.553. The van der Waals surface area contributed by atoms with Crippen molar-refractivity contribution >= 4 is 23.5 Å². The van der Waals surface area contributed by atoms with Gasteiger partial charge in [0.2, 0.25) is 5.91 Å². The normalized spacial score (nSPS) is 18.9. The lowest BCUT2D eigenvalue weighted by molar-refractivity contribution is -0.117. The van der Waals surface area contributed by atoms with Gasteiger partial charge in [0.25, 0.3) is 0 Å². The van der Waals surface area contributed by atoms with Gasteiger partial charge in [0.15, 0.2) is 0 Å². The van der Waals surface area contributed by atoms with Gasteiger partial charge in [0, 0.05) is 19.6 Å². The molecule has 5 N–H and O–H groups in total. The van der Waals surface area contributed by atoms with E-state index in [0.717, 1.165) is 11.8 Å². The highest BCUT2D eigenvalue weighted by atomic mass is 32.2. The summed E-state index contributed by atoms with van der Waals surface area (Å²) in [4.78, 5) is 18.7. The van der Waals surface area contributed by atoms with Crippen molar-refractivity contribution in [3.05, 3.63) is 52.6 Å². The van der Waals surface area contributed by atoms with E-state index < -0.39 is 16.8 Å². The van der Waals surface area contributed by atoms with E-state index in [-0.39, 0.29) is 18.7 Å². The number of pyridine rings is 1. The van der Waals surface area contributed by atoms with Crippen molar-refractivity contribution in [2.75, 3.05) is 24.5 Å². The maximum absolute atomic E-state index is 12.2. The van der Waals surface area contributed by atoms with Gasteiger partial charge in [-0.1, -0.05) is 49.0 Å². The lowest BCUT2D eigenvalue weighted by atomic mass is 10.0. The molecule has 1 amide bonds. The van der Waals surface area contributed by atoms with Gasteiger partial charge in [-0.15, -0.1) is 0 Å². The van der Waals surface area contributed by atoms with Crippen LogP contribution in [0.4, 0.5) is 5.82 Å². The van der Waals surface area contributed by atoms with Crippen LogP contribution < -0.4 is 16.4 Å². The number of aliphatic hydroxyl groups is 1. The molecular formula is C22H24N6O2S. The first kappa shape index (κ1) is 22.6. The molecule has 3 rings (SSSR count). The van der Waals surface area contributed by atoms with Crippen molar-refractivity contribution in [2.24, 2.45) is 11.5 Å². The van der Waals surface area contributed by atoms with Gasteiger partial charge in [0.05, 0.1) is 16.7 Å². The molecule has 31 heavy (non-hydrogen) atoms. The van der Waals surface area contributed by atoms with E-state index in [1.165, 1.54) is 0 Å². The first-order valence-corrected chi connectivity index (χ1v) is 10.8. The van der Waals surface area contributed by atoms with Crippen molar-refractivity contribution < 1.29 is 9.90 Å². The van der Waals surface area contributed by atoms with Gasteiger partial charge in [-0.2, -0.15) is 10.5 Å². The maximum atomic E-state index is 12.2. The van der Waals surface area contributed by atoms with E-state index in [2.05, 4.69) is 17.1 Å². The highest BCUT2D eigenvalue weighted by molar-refractivity contribution is 8.00. The first-order valence-electron chi connectivity index (χ1n) is 9.92. The number of benzene rings is 1. The molecule has 1 aliphatic rings. The Morgan fingerprint density at radius 1 is 1.32 bits per heavy atom. The number of thioether (sulfide) groups is 1. The summed E-state index contributed by atoms with van der Waals surface area (Å²) >= 11 is 1.10. The fourth-order valence-corrected chi connectivity index (χ4v) is 4.79. The number of rotatable bonds is 7. The van der Waals surface area contributed by atoms with E-state index in [1.807, 2.05) is 30.0 Å². The predicted octanol–water partition coefficient (Wildman–Crippen LogP) is 1.61. The van der Waals surface area contributed by atoms with Gasteiger partial charge in [0.1, 0.15) is 28.2 Å². The van der Waals surface area contributed by atoms with Gasteiger partial charge in [-0.05, 0) is 24.0 Å². The first-order chi connectivity index (χ1) is 14.9. The number of carbonyl (C=O) groups is 1. The molecule has 0 bridgehead atoms. The molecule has 8 nitrogen and oxygen atoms in total. The number of anilines is 1. The number of amides is 1. The Labute approximate surface area is 185 Å². The number of hydrogen-bond donors (Lipinski definition) is 3. The third-order valence-electron chi connectivity index (χ3n) is 5.43. The van der Waals surface area contributed by atoms with Crippen molar-refractivity contribution in [3.63, 3.8) is 0 Å². The van der Waals surface area contributed by atoms with Crippen LogP contribution in [0.2, 0.25) is 0 Å². The van der Waals surface area contributed by atoms with Crippen LogP contribution in [0.1, 0.15) is 40.8 Å². The summed E-state index contributed by atoms with van der Waals surface area (Å²) in [6.45, 7) is 2.68. The van der Waals surface area contributed by atoms with E-state index >= 15 is 0 Å². The summed E-state index contributed by atoms with van der Waals surface area (Å²) in [6, 6.07) is 13.4. The summed E-state index contributed by atoms with van der Waals surface area (Å²) in [5.41, 5.74) is 12.2. The Hall–Kier alpha value is -3.11. The second-order valence-corrected chi connectivity index (χ2v) is 8.55. The molecule has 0 saturated carbocycles. The monoisotopic (exact) mass is 436 g/mol. The van der Waals surface area contributed by atoms with Crippen LogP contribution in [0.15, 0.2) is 35.4 Å². The van der Waals surface area contributed by atoms with E-state index in [9.17, 15) is 20.4 Å². The van der Waals surface area contributed by atoms with Gasteiger partial charge in [-0.25, -0.2) is 4.98 Å². The SMILES string of the molecule is CCc1c(C#N)c(SC(C(N)=O)c2ccccc2)nc(N2CC[C@](O)(CN)C2)c1C#N. The molecule has 1 aliphatic heterocycles. The minimum atomic E-state index is -1.05. The molecule has 2 atom stereocenters. The number of hydrogen-bond acceptors (Lipinski definition) is 8. The van der Waals surface area contributed by atoms with Crippen LogP contribution in [0.3, 0.4) is 0 Å². The summed E-state index contributed by atoms with van der Waals surface area (Å²) in [7, 11) is 0. The minimum absolute atomic E-state index is 0.0989. The van der Waals surface area contributed by atoms with E-state index in [1.54, 1.807) is 12.1 Å². The summed E-state index contributed by atoms with van der Waals surface area (Å²) in [6.07, 6.45) is 0.893. The molecular weight excluding hydrogens is 412 g/mol. The average molecular weight is 437 g/mol. The molecule has 0 spiro atoms. The summed E-state index contributed by atoms with van der Waals surface area (Å²) < 4.78 is 0. The largest absolute Gasteiger partial charge is 0.387 e. The molecule has 1 aromatic carbocycles. The number of nitriles is 2. The third-order valence-corrected chi connectivity index (χ3v) is 6.69. The van der Waals surface area contributed by atoms with Crippen molar-refractivity contribution in [1.82, 2.24) is 4.98 Å². The molecule has 1 saturated heterocycles. The van der Waals surface area contributed by atoms with Gasteiger partial charge in [-0.3, -0.25) is 4.79 Å². The number of nitrogens with zero attached hydrogens (tertiary/aromatic N) is 4. The number of β-amino-alcohol motifs (C(OH)–C–C–N with tert-alkyl or cyclic N) is 1. The Kier molecular flexibility index (Phi) is 6.81. The Morgan fingerprint density at radius 2 is 2.00 bits per heavy atom. The molecule has 1 unspecified atom stereocenters. The Balaban J connectivity index is 2.13. The predicted molar refractivity (Wildman–Crippen MR) is 118 cm³/mol. The number of primary amides is 1. The number of aromatic nitrogens is 1. The smallest absolute Gasteiger partial charge is 0.235 e. The fraction of sp³-hybridized carbons (Fsp3) is 0.364. The van der Waals surface area contributed by atoms with Gasteiger partial charge >= 0.3 is 0 Å². The number of nitrogens with two attached hydrogens (primary N) is 2. The second kappa shape index (κ2) is 9.36. The zero-order chi connectivity index (χ0) is 22.6. The lowest BCUT2D eigenvalue weighted by Crippen LogP contribution is -2.40. The van der Waals surface area contributed by atoms with Crippen LogP contribution in [-0.2, 0) is 11.2 Å². The fourth-order valence-electron chi connectivity index (χ4n) is 3.73. The van der Waals surface area contributed by atoms with E-state index in [0.29, 0.717) is 46.9 Å². The molecule has 1 aromatic heterocycles. The average Bonchev–Trinajstić information content (AvgIpc) is 3.19. The second-order valence-electron chi connectivity index (χ2n) is 7.46. The van der Waals surface area contributed by atoms with Crippen LogP contribution in [0, 0.1) is 22.7 Å². The molecule has 0 aliphatic carbocycles. The van der Waals surface area contributed by atoms with E-state index in [4.69, 9.17) is 11.5 Å². The topological polar surface area (TPSA) is 153 Å². The summed E-state index contributed by atoms with van der Waals surface area (Å²) in [5.74, 6) is -0.161. The highest BCUT2D eigenvalue weighted by Crippen LogP contribution is 2.40. The van der Waals surface area contributed by atoms with Crippen molar-refractivity contribution in [1.29, 1.82) is 10.5 Å². The van der Waals surface area contributed by atoms with Gasteiger partial charge < -0.3 is 21.5 Å². The Bertz CT molecular complexity index is 1060. The van der Waals surface area contributed by atoms with Crippen molar-refractivity contribution in [2.45, 2.75) is 35.6 Å².